The van der Waals surface area contributed by atoms with E-state index in [1.165, 1.54) is 56.6 Å². The Hall–Kier alpha value is -1.05. The average molecular weight is 236 g/mol. The molecule has 96 valence electrons. The third kappa shape index (κ3) is 5.71. The number of hydrogen-bond acceptors (Lipinski definition) is 2. The number of aliphatic hydroxyl groups is 1. The van der Waals surface area contributed by atoms with Crippen LogP contribution in [0.1, 0.15) is 64.7 Å². The number of rotatable bonds is 8. The van der Waals surface area contributed by atoms with Gasteiger partial charge in [0.2, 0.25) is 5.78 Å². The second kappa shape index (κ2) is 8.10. The van der Waals surface area contributed by atoms with Crippen LogP contribution in [-0.4, -0.2) is 10.9 Å². The largest absolute Gasteiger partial charge is 0.504 e. The van der Waals surface area contributed by atoms with Gasteiger partial charge in [-0.25, -0.2) is 0 Å². The van der Waals surface area contributed by atoms with Crippen molar-refractivity contribution in [3.8, 4) is 0 Å². The predicted octanol–water partition coefficient (Wildman–Crippen LogP) is 4.47. The Morgan fingerprint density at radius 2 is 1.71 bits per heavy atom. The van der Waals surface area contributed by atoms with Crippen LogP contribution >= 0.6 is 0 Å². The maximum Gasteiger partial charge on any atom is 0.201 e. The topological polar surface area (TPSA) is 37.3 Å². The molecule has 0 unspecified atom stereocenters. The number of carbonyl (C=O) groups is 1. The lowest BCUT2D eigenvalue weighted by Gasteiger charge is -2.10. The fourth-order valence-corrected chi connectivity index (χ4v) is 2.13. The summed E-state index contributed by atoms with van der Waals surface area (Å²) in [5, 5.41) is 9.15. The summed E-state index contributed by atoms with van der Waals surface area (Å²) >= 11 is 0. The number of ketones is 1. The molecule has 0 heterocycles. The molecule has 0 amide bonds. The molecule has 1 aliphatic rings. The quantitative estimate of drug-likeness (QED) is 0.631. The Kier molecular flexibility index (Phi) is 6.68. The Balaban J connectivity index is 2.06. The summed E-state index contributed by atoms with van der Waals surface area (Å²) in [6.45, 7) is 2.23. The molecule has 2 nitrogen and oxygen atoms in total. The number of allylic oxidation sites excluding steroid dienone is 4. The van der Waals surface area contributed by atoms with Crippen molar-refractivity contribution in [2.45, 2.75) is 64.7 Å². The van der Waals surface area contributed by atoms with Crippen LogP contribution in [0.3, 0.4) is 0 Å². The Bertz CT molecular complexity index is 300. The van der Waals surface area contributed by atoms with Crippen LogP contribution in [0.15, 0.2) is 23.5 Å². The fourth-order valence-electron chi connectivity index (χ4n) is 2.13. The molecule has 0 aromatic rings. The molecule has 0 radical (unpaired) electrons. The number of hydrogen-bond donors (Lipinski definition) is 1. The molecule has 1 aliphatic carbocycles. The minimum atomic E-state index is -0.134. The van der Waals surface area contributed by atoms with Crippen molar-refractivity contribution in [1.29, 1.82) is 0 Å². The predicted molar refractivity (Wildman–Crippen MR) is 71.0 cm³/mol. The molecule has 2 heteroatoms. The highest BCUT2D eigenvalue weighted by Crippen LogP contribution is 2.19. The van der Waals surface area contributed by atoms with E-state index < -0.39 is 0 Å². The van der Waals surface area contributed by atoms with Crippen LogP contribution in [0.5, 0.6) is 0 Å². The monoisotopic (exact) mass is 236 g/mol. The Morgan fingerprint density at radius 3 is 2.35 bits per heavy atom. The molecule has 0 aromatic heterocycles. The van der Waals surface area contributed by atoms with E-state index >= 15 is 0 Å². The van der Waals surface area contributed by atoms with Gasteiger partial charge in [0.15, 0.2) is 5.76 Å². The molecular weight excluding hydrogens is 212 g/mol. The molecule has 17 heavy (non-hydrogen) atoms. The SMILES string of the molecule is CCCCCCCCCC1=CC=C(O)C(=O)C1. The smallest absolute Gasteiger partial charge is 0.201 e. The molecule has 0 atom stereocenters. The minimum Gasteiger partial charge on any atom is -0.504 e. The molecule has 0 aliphatic heterocycles. The first-order valence-corrected chi connectivity index (χ1v) is 6.86. The first-order chi connectivity index (χ1) is 8.24. The van der Waals surface area contributed by atoms with Crippen molar-refractivity contribution in [3.63, 3.8) is 0 Å². The van der Waals surface area contributed by atoms with Gasteiger partial charge in [-0.3, -0.25) is 4.79 Å². The lowest BCUT2D eigenvalue weighted by molar-refractivity contribution is -0.117. The van der Waals surface area contributed by atoms with Crippen LogP contribution in [0, 0.1) is 0 Å². The summed E-state index contributed by atoms with van der Waals surface area (Å²) in [6.07, 6.45) is 13.9. The molecule has 0 saturated carbocycles. The molecule has 0 fully saturated rings. The van der Waals surface area contributed by atoms with E-state index in [-0.39, 0.29) is 11.5 Å². The van der Waals surface area contributed by atoms with Crippen LogP contribution in [0.4, 0.5) is 0 Å². The standard InChI is InChI=1S/C15H24O2/c1-2-3-4-5-6-7-8-9-13-10-11-14(16)15(17)12-13/h10-11,16H,2-9,12H2,1H3. The number of aliphatic hydroxyl groups excluding tert-OH is 1. The van der Waals surface area contributed by atoms with Gasteiger partial charge < -0.3 is 5.11 Å². The van der Waals surface area contributed by atoms with Crippen molar-refractivity contribution in [2.75, 3.05) is 0 Å². The average Bonchev–Trinajstić information content (AvgIpc) is 2.32. The van der Waals surface area contributed by atoms with Gasteiger partial charge in [0.1, 0.15) is 0 Å². The van der Waals surface area contributed by atoms with Crippen molar-refractivity contribution >= 4 is 5.78 Å². The van der Waals surface area contributed by atoms with E-state index in [1.54, 1.807) is 0 Å². The van der Waals surface area contributed by atoms with Gasteiger partial charge in [0, 0.05) is 6.42 Å². The second-order valence-electron chi connectivity index (χ2n) is 4.85. The van der Waals surface area contributed by atoms with Crippen LogP contribution < -0.4 is 0 Å². The van der Waals surface area contributed by atoms with Crippen molar-refractivity contribution in [2.24, 2.45) is 0 Å². The van der Waals surface area contributed by atoms with Crippen LogP contribution in [0.25, 0.3) is 0 Å². The zero-order valence-corrected chi connectivity index (χ0v) is 10.9. The fraction of sp³-hybridized carbons (Fsp3) is 0.667. The van der Waals surface area contributed by atoms with Crippen molar-refractivity contribution in [3.05, 3.63) is 23.5 Å². The maximum atomic E-state index is 11.3. The molecule has 0 bridgehead atoms. The van der Waals surface area contributed by atoms with Gasteiger partial charge >= 0.3 is 0 Å². The van der Waals surface area contributed by atoms with E-state index in [1.807, 2.05) is 6.08 Å². The highest BCUT2D eigenvalue weighted by Gasteiger charge is 2.13. The number of unbranched alkanes of at least 4 members (excludes halogenated alkanes) is 6. The second-order valence-corrected chi connectivity index (χ2v) is 4.85. The summed E-state index contributed by atoms with van der Waals surface area (Å²) in [6, 6.07) is 0. The molecule has 0 saturated heterocycles. The normalized spacial score (nSPS) is 15.7. The van der Waals surface area contributed by atoms with Gasteiger partial charge in [0.05, 0.1) is 0 Å². The third-order valence-corrected chi connectivity index (χ3v) is 3.25. The van der Waals surface area contributed by atoms with Crippen molar-refractivity contribution in [1.82, 2.24) is 0 Å². The van der Waals surface area contributed by atoms with Gasteiger partial charge in [-0.05, 0) is 18.9 Å². The summed E-state index contributed by atoms with van der Waals surface area (Å²) in [7, 11) is 0. The first kappa shape index (κ1) is 14.0. The molecule has 0 spiro atoms. The highest BCUT2D eigenvalue weighted by molar-refractivity contribution is 5.96. The van der Waals surface area contributed by atoms with Crippen molar-refractivity contribution < 1.29 is 9.90 Å². The van der Waals surface area contributed by atoms with E-state index in [0.717, 1.165) is 6.42 Å². The van der Waals surface area contributed by atoms with Gasteiger partial charge in [-0.15, -0.1) is 0 Å². The summed E-state index contributed by atoms with van der Waals surface area (Å²) in [4.78, 5) is 11.3. The van der Waals surface area contributed by atoms with E-state index in [9.17, 15) is 4.79 Å². The molecule has 1 rings (SSSR count). The lowest BCUT2D eigenvalue weighted by Crippen LogP contribution is -2.07. The summed E-state index contributed by atoms with van der Waals surface area (Å²) < 4.78 is 0. The van der Waals surface area contributed by atoms with Crippen LogP contribution in [-0.2, 0) is 4.79 Å². The maximum absolute atomic E-state index is 11.3. The van der Waals surface area contributed by atoms with E-state index in [0.29, 0.717) is 6.42 Å². The minimum absolute atomic E-state index is 0.0895. The van der Waals surface area contributed by atoms with Gasteiger partial charge in [-0.1, -0.05) is 57.1 Å². The number of Topliss-reactive ketones (excluding diaryl/α,β-unsaturated/α-hetero) is 1. The Labute approximate surface area is 104 Å². The highest BCUT2D eigenvalue weighted by atomic mass is 16.3. The Morgan fingerprint density at radius 1 is 1.06 bits per heavy atom. The molecule has 0 aromatic carbocycles. The molecular formula is C15H24O2. The third-order valence-electron chi connectivity index (χ3n) is 3.25. The molecule has 1 N–H and O–H groups in total. The van der Waals surface area contributed by atoms with E-state index in [4.69, 9.17) is 5.11 Å². The summed E-state index contributed by atoms with van der Waals surface area (Å²) in [5.41, 5.74) is 1.17. The van der Waals surface area contributed by atoms with Crippen LogP contribution in [0.2, 0.25) is 0 Å². The number of carbonyl (C=O) groups excluding carboxylic acids is 1. The van der Waals surface area contributed by atoms with E-state index in [2.05, 4.69) is 6.92 Å². The van der Waals surface area contributed by atoms with Gasteiger partial charge in [0.25, 0.3) is 0 Å². The zero-order chi connectivity index (χ0) is 12.5. The van der Waals surface area contributed by atoms with Gasteiger partial charge in [-0.2, -0.15) is 0 Å². The zero-order valence-electron chi connectivity index (χ0n) is 10.9. The lowest BCUT2D eigenvalue weighted by atomic mass is 9.97. The first-order valence-electron chi connectivity index (χ1n) is 6.86. The summed E-state index contributed by atoms with van der Waals surface area (Å²) in [5.74, 6) is -0.223.